The highest BCUT2D eigenvalue weighted by atomic mass is 32.2. The van der Waals surface area contributed by atoms with Gasteiger partial charge in [0.15, 0.2) is 0 Å². The third kappa shape index (κ3) is 5.77. The molecule has 1 amide bonds. The predicted molar refractivity (Wildman–Crippen MR) is 100 cm³/mol. The first-order chi connectivity index (χ1) is 12.7. The smallest absolute Gasteiger partial charge is 0.244 e. The number of amides is 1. The zero-order valence-corrected chi connectivity index (χ0v) is 16.3. The lowest BCUT2D eigenvalue weighted by Crippen LogP contribution is -2.37. The number of methoxy groups -OCH3 is 1. The summed E-state index contributed by atoms with van der Waals surface area (Å²) in [6.45, 7) is 3.69. The lowest BCUT2D eigenvalue weighted by atomic mass is 10.2. The van der Waals surface area contributed by atoms with E-state index in [9.17, 15) is 17.6 Å². The van der Waals surface area contributed by atoms with Gasteiger partial charge >= 0.3 is 0 Å². The summed E-state index contributed by atoms with van der Waals surface area (Å²) in [5.41, 5.74) is 1.55. The molecule has 0 aliphatic carbocycles. The van der Waals surface area contributed by atoms with Crippen molar-refractivity contribution in [1.82, 2.24) is 9.62 Å². The van der Waals surface area contributed by atoms with Crippen molar-refractivity contribution in [1.29, 1.82) is 0 Å². The van der Waals surface area contributed by atoms with Crippen LogP contribution in [0, 0.1) is 12.7 Å². The zero-order chi connectivity index (χ0) is 20.0. The molecule has 0 fully saturated rings. The number of ether oxygens (including phenoxy) is 1. The van der Waals surface area contributed by atoms with Crippen LogP contribution in [0.2, 0.25) is 0 Å². The van der Waals surface area contributed by atoms with Crippen LogP contribution in [0.4, 0.5) is 4.39 Å². The van der Waals surface area contributed by atoms with E-state index in [0.29, 0.717) is 0 Å². The van der Waals surface area contributed by atoms with Gasteiger partial charge in [-0.1, -0.05) is 18.2 Å². The second-order valence-electron chi connectivity index (χ2n) is 6.12. The van der Waals surface area contributed by atoms with Crippen molar-refractivity contribution < 1.29 is 22.3 Å². The van der Waals surface area contributed by atoms with Crippen LogP contribution in [0.5, 0.6) is 5.75 Å². The van der Waals surface area contributed by atoms with Crippen LogP contribution in [0.3, 0.4) is 0 Å². The van der Waals surface area contributed by atoms with Crippen molar-refractivity contribution in [2.45, 2.75) is 25.3 Å². The molecule has 0 aromatic heterocycles. The molecule has 8 heteroatoms. The number of sulfonamides is 1. The van der Waals surface area contributed by atoms with Gasteiger partial charge in [0, 0.05) is 26.6 Å². The highest BCUT2D eigenvalue weighted by Crippen LogP contribution is 2.24. The van der Waals surface area contributed by atoms with Crippen molar-refractivity contribution in [2.75, 3.05) is 20.2 Å². The summed E-state index contributed by atoms with van der Waals surface area (Å²) in [6.07, 6.45) is 0. The Balaban J connectivity index is 2.04. The van der Waals surface area contributed by atoms with Gasteiger partial charge in [0.2, 0.25) is 15.9 Å². The number of hydrogen-bond donors (Lipinski definition) is 1. The first-order valence-corrected chi connectivity index (χ1v) is 9.85. The number of benzene rings is 2. The number of carbonyl (C=O) groups excluding carboxylic acids is 1. The molecule has 0 bridgehead atoms. The Bertz CT molecular complexity index is 898. The number of aryl methyl sites for hydroxylation is 1. The topological polar surface area (TPSA) is 75.7 Å². The van der Waals surface area contributed by atoms with Crippen LogP contribution >= 0.6 is 0 Å². The molecule has 0 saturated heterocycles. The van der Waals surface area contributed by atoms with Crippen molar-refractivity contribution in [3.8, 4) is 5.75 Å². The monoisotopic (exact) mass is 394 g/mol. The molecule has 2 aromatic rings. The molecule has 0 radical (unpaired) electrons. The maximum atomic E-state index is 13.0. The van der Waals surface area contributed by atoms with E-state index in [4.69, 9.17) is 4.74 Å². The summed E-state index contributed by atoms with van der Waals surface area (Å²) in [5, 5.41) is 0. The minimum absolute atomic E-state index is 0.0419. The Morgan fingerprint density at radius 1 is 1.19 bits per heavy atom. The third-order valence-corrected chi connectivity index (χ3v) is 5.50. The fourth-order valence-corrected chi connectivity index (χ4v) is 3.82. The minimum Gasteiger partial charge on any atom is -0.495 e. The van der Waals surface area contributed by atoms with Crippen molar-refractivity contribution in [3.63, 3.8) is 0 Å². The first-order valence-electron chi connectivity index (χ1n) is 8.37. The summed E-state index contributed by atoms with van der Waals surface area (Å²) in [6, 6.07) is 10.7. The van der Waals surface area contributed by atoms with E-state index in [1.807, 2.05) is 0 Å². The molecule has 0 aliphatic heterocycles. The summed E-state index contributed by atoms with van der Waals surface area (Å²) in [5.74, 6) is -0.303. The second kappa shape index (κ2) is 8.96. The van der Waals surface area contributed by atoms with Crippen LogP contribution in [0.25, 0.3) is 0 Å². The molecule has 146 valence electrons. The first kappa shape index (κ1) is 20.9. The maximum absolute atomic E-state index is 13.0. The number of carbonyl (C=O) groups is 1. The fraction of sp³-hybridized carbons (Fsp3) is 0.316. The molecule has 6 nitrogen and oxygen atoms in total. The van der Waals surface area contributed by atoms with E-state index < -0.39 is 10.0 Å². The van der Waals surface area contributed by atoms with Gasteiger partial charge in [-0.2, -0.15) is 0 Å². The van der Waals surface area contributed by atoms with Gasteiger partial charge in [0.1, 0.15) is 16.5 Å². The Kier molecular flexibility index (Phi) is 6.92. The van der Waals surface area contributed by atoms with E-state index in [2.05, 4.69) is 4.72 Å². The van der Waals surface area contributed by atoms with Crippen LogP contribution < -0.4 is 9.46 Å². The molecule has 0 heterocycles. The average molecular weight is 394 g/mol. The molecule has 0 saturated carbocycles. The zero-order valence-electron chi connectivity index (χ0n) is 15.5. The van der Waals surface area contributed by atoms with E-state index in [0.717, 1.165) is 11.1 Å². The van der Waals surface area contributed by atoms with E-state index in [1.165, 1.54) is 37.1 Å². The molecule has 27 heavy (non-hydrogen) atoms. The second-order valence-corrected chi connectivity index (χ2v) is 7.85. The Morgan fingerprint density at radius 2 is 1.85 bits per heavy atom. The summed E-state index contributed by atoms with van der Waals surface area (Å²) in [4.78, 5) is 13.4. The minimum atomic E-state index is -3.79. The quantitative estimate of drug-likeness (QED) is 0.746. The third-order valence-electron chi connectivity index (χ3n) is 4.01. The van der Waals surface area contributed by atoms with Crippen LogP contribution in [-0.2, 0) is 21.4 Å². The van der Waals surface area contributed by atoms with Gasteiger partial charge in [0.25, 0.3) is 0 Å². The Morgan fingerprint density at radius 3 is 2.44 bits per heavy atom. The van der Waals surface area contributed by atoms with Crippen LogP contribution in [0.15, 0.2) is 47.4 Å². The van der Waals surface area contributed by atoms with Gasteiger partial charge in [-0.3, -0.25) is 4.79 Å². The fourth-order valence-electron chi connectivity index (χ4n) is 2.54. The summed E-state index contributed by atoms with van der Waals surface area (Å²) in [7, 11) is -2.38. The molecule has 2 aromatic carbocycles. The molecule has 1 N–H and O–H groups in total. The van der Waals surface area contributed by atoms with Gasteiger partial charge in [0.05, 0.1) is 7.11 Å². The number of nitrogens with zero attached hydrogens (tertiary/aromatic N) is 1. The van der Waals surface area contributed by atoms with Gasteiger partial charge in [-0.25, -0.2) is 17.5 Å². The highest BCUT2D eigenvalue weighted by Gasteiger charge is 2.20. The maximum Gasteiger partial charge on any atom is 0.244 e. The van der Waals surface area contributed by atoms with E-state index in [1.54, 1.807) is 31.2 Å². The number of halogens is 1. The number of hydrogen-bond acceptors (Lipinski definition) is 4. The van der Waals surface area contributed by atoms with Gasteiger partial charge < -0.3 is 9.64 Å². The SMILES string of the molecule is COc1ccc(C)cc1S(=O)(=O)NCCN(Cc1ccc(F)cc1)C(C)=O. The molecule has 2 rings (SSSR count). The largest absolute Gasteiger partial charge is 0.495 e. The van der Waals surface area contributed by atoms with Crippen molar-refractivity contribution in [2.24, 2.45) is 0 Å². The van der Waals surface area contributed by atoms with Crippen LogP contribution in [-0.4, -0.2) is 39.4 Å². The summed E-state index contributed by atoms with van der Waals surface area (Å²) < 4.78 is 45.8. The van der Waals surface area contributed by atoms with E-state index >= 15 is 0 Å². The normalized spacial score (nSPS) is 11.3. The highest BCUT2D eigenvalue weighted by molar-refractivity contribution is 7.89. The molecular formula is C19H23FN2O4S. The van der Waals surface area contributed by atoms with Gasteiger partial charge in [-0.15, -0.1) is 0 Å². The number of rotatable bonds is 8. The Labute approximate surface area is 159 Å². The standard InChI is InChI=1S/C19H23FN2O4S/c1-14-4-9-18(26-3)19(12-14)27(24,25)21-10-11-22(15(2)23)13-16-5-7-17(20)8-6-16/h4-9,12,21H,10-11,13H2,1-3H3. The average Bonchev–Trinajstić information content (AvgIpc) is 2.62. The lowest BCUT2D eigenvalue weighted by molar-refractivity contribution is -0.129. The van der Waals surface area contributed by atoms with E-state index in [-0.39, 0.29) is 42.0 Å². The molecule has 0 unspecified atom stereocenters. The summed E-state index contributed by atoms with van der Waals surface area (Å²) >= 11 is 0. The van der Waals surface area contributed by atoms with Crippen molar-refractivity contribution >= 4 is 15.9 Å². The predicted octanol–water partition coefficient (Wildman–Crippen LogP) is 2.47. The lowest BCUT2D eigenvalue weighted by Gasteiger charge is -2.21. The number of nitrogens with one attached hydrogen (secondary N) is 1. The van der Waals surface area contributed by atoms with Crippen molar-refractivity contribution in [3.05, 3.63) is 59.4 Å². The molecular weight excluding hydrogens is 371 g/mol. The Hall–Kier alpha value is -2.45. The van der Waals surface area contributed by atoms with Gasteiger partial charge in [-0.05, 0) is 42.3 Å². The molecule has 0 spiro atoms. The molecule has 0 aliphatic rings. The molecule has 0 atom stereocenters. The van der Waals surface area contributed by atoms with Crippen LogP contribution in [0.1, 0.15) is 18.1 Å².